The average Bonchev–Trinajstić information content (AvgIpc) is 2.65. The summed E-state index contributed by atoms with van der Waals surface area (Å²) in [6.07, 6.45) is 0. The second kappa shape index (κ2) is 4.56. The van der Waals surface area contributed by atoms with Crippen molar-refractivity contribution < 1.29 is 5.11 Å². The summed E-state index contributed by atoms with van der Waals surface area (Å²) in [6.45, 7) is 1.75. The molecule has 0 saturated carbocycles. The van der Waals surface area contributed by atoms with E-state index in [1.807, 2.05) is 29.6 Å². The predicted octanol–water partition coefficient (Wildman–Crippen LogP) is 3.92. The van der Waals surface area contributed by atoms with Crippen molar-refractivity contribution in [2.75, 3.05) is 0 Å². The van der Waals surface area contributed by atoms with E-state index in [2.05, 4.69) is 36.8 Å². The predicted molar refractivity (Wildman–Crippen MR) is 72.6 cm³/mol. The van der Waals surface area contributed by atoms with E-state index in [0.29, 0.717) is 5.01 Å². The molecular formula is C11H9Br2NOS. The van der Waals surface area contributed by atoms with Crippen molar-refractivity contribution in [2.45, 2.75) is 12.5 Å². The summed E-state index contributed by atoms with van der Waals surface area (Å²) in [6, 6.07) is 7.61. The standard InChI is InChI=1S/C11H9Br2NOS/c1-11(15,10-14-9(13)6-16-10)7-3-2-4-8(12)5-7/h2-6,15H,1H3. The highest BCUT2D eigenvalue weighted by atomic mass is 79.9. The first-order chi connectivity index (χ1) is 7.50. The summed E-state index contributed by atoms with van der Waals surface area (Å²) in [5, 5.41) is 13.0. The molecule has 5 heteroatoms. The monoisotopic (exact) mass is 361 g/mol. The van der Waals surface area contributed by atoms with E-state index in [-0.39, 0.29) is 0 Å². The van der Waals surface area contributed by atoms with Crippen LogP contribution in [-0.2, 0) is 5.60 Å². The summed E-state index contributed by atoms with van der Waals surface area (Å²) >= 11 is 8.12. The first-order valence-corrected chi connectivity index (χ1v) is 7.06. The quantitative estimate of drug-likeness (QED) is 0.878. The van der Waals surface area contributed by atoms with Crippen molar-refractivity contribution in [1.29, 1.82) is 0 Å². The fourth-order valence-electron chi connectivity index (χ4n) is 1.39. The van der Waals surface area contributed by atoms with Crippen LogP contribution in [0.15, 0.2) is 38.7 Å². The molecule has 0 radical (unpaired) electrons. The molecule has 1 heterocycles. The van der Waals surface area contributed by atoms with E-state index in [0.717, 1.165) is 14.6 Å². The maximum atomic E-state index is 10.5. The van der Waals surface area contributed by atoms with Crippen molar-refractivity contribution in [3.8, 4) is 0 Å². The fraction of sp³-hybridized carbons (Fsp3) is 0.182. The number of nitrogens with zero attached hydrogens (tertiary/aromatic N) is 1. The molecule has 0 saturated heterocycles. The van der Waals surface area contributed by atoms with Crippen LogP contribution >= 0.6 is 43.2 Å². The van der Waals surface area contributed by atoms with Gasteiger partial charge in [0.25, 0.3) is 0 Å². The Morgan fingerprint density at radius 1 is 1.38 bits per heavy atom. The lowest BCUT2D eigenvalue weighted by Crippen LogP contribution is -2.22. The van der Waals surface area contributed by atoms with E-state index in [4.69, 9.17) is 0 Å². The van der Waals surface area contributed by atoms with Crippen molar-refractivity contribution in [2.24, 2.45) is 0 Å². The van der Waals surface area contributed by atoms with Crippen LogP contribution in [0.5, 0.6) is 0 Å². The fourth-order valence-corrected chi connectivity index (χ4v) is 3.13. The smallest absolute Gasteiger partial charge is 0.138 e. The maximum absolute atomic E-state index is 10.5. The third-order valence-corrected chi connectivity index (χ3v) is 4.54. The summed E-state index contributed by atoms with van der Waals surface area (Å²) in [4.78, 5) is 4.26. The Morgan fingerprint density at radius 3 is 2.69 bits per heavy atom. The van der Waals surface area contributed by atoms with E-state index in [1.54, 1.807) is 6.92 Å². The highest BCUT2D eigenvalue weighted by Gasteiger charge is 2.29. The van der Waals surface area contributed by atoms with Crippen molar-refractivity contribution in [3.05, 3.63) is 49.3 Å². The van der Waals surface area contributed by atoms with Gasteiger partial charge in [0.1, 0.15) is 15.2 Å². The minimum atomic E-state index is -1.06. The Hall–Kier alpha value is -0.230. The second-order valence-electron chi connectivity index (χ2n) is 3.56. The summed E-state index contributed by atoms with van der Waals surface area (Å²) in [5.74, 6) is 0. The first-order valence-electron chi connectivity index (χ1n) is 4.60. The highest BCUT2D eigenvalue weighted by Crippen LogP contribution is 2.33. The number of hydrogen-bond donors (Lipinski definition) is 1. The number of aliphatic hydroxyl groups is 1. The lowest BCUT2D eigenvalue weighted by Gasteiger charge is -2.21. The zero-order valence-electron chi connectivity index (χ0n) is 8.45. The van der Waals surface area contributed by atoms with E-state index < -0.39 is 5.60 Å². The third kappa shape index (κ3) is 2.37. The second-order valence-corrected chi connectivity index (χ2v) is 6.14. The van der Waals surface area contributed by atoms with Gasteiger partial charge in [-0.25, -0.2) is 4.98 Å². The summed E-state index contributed by atoms with van der Waals surface area (Å²) in [7, 11) is 0. The molecule has 16 heavy (non-hydrogen) atoms. The number of thiazole rings is 1. The van der Waals surface area contributed by atoms with Crippen molar-refractivity contribution in [1.82, 2.24) is 4.98 Å². The minimum Gasteiger partial charge on any atom is -0.378 e. The molecule has 2 rings (SSSR count). The van der Waals surface area contributed by atoms with Gasteiger partial charge in [0.05, 0.1) is 0 Å². The lowest BCUT2D eigenvalue weighted by atomic mass is 9.97. The summed E-state index contributed by atoms with van der Waals surface area (Å²) < 4.78 is 1.70. The maximum Gasteiger partial charge on any atom is 0.138 e. The third-order valence-electron chi connectivity index (χ3n) is 2.28. The van der Waals surface area contributed by atoms with Gasteiger partial charge in [0.2, 0.25) is 0 Å². The van der Waals surface area contributed by atoms with Crippen LogP contribution in [0.1, 0.15) is 17.5 Å². The van der Waals surface area contributed by atoms with Crippen molar-refractivity contribution >= 4 is 43.2 Å². The zero-order valence-corrected chi connectivity index (χ0v) is 12.4. The van der Waals surface area contributed by atoms with Crippen LogP contribution in [-0.4, -0.2) is 10.1 Å². The molecular weight excluding hydrogens is 354 g/mol. The Bertz CT molecular complexity index is 510. The highest BCUT2D eigenvalue weighted by molar-refractivity contribution is 9.10. The van der Waals surface area contributed by atoms with Gasteiger partial charge in [-0.15, -0.1) is 11.3 Å². The van der Waals surface area contributed by atoms with Crippen molar-refractivity contribution in [3.63, 3.8) is 0 Å². The van der Waals surface area contributed by atoms with Gasteiger partial charge in [-0.1, -0.05) is 28.1 Å². The normalized spacial score (nSPS) is 14.8. The Balaban J connectivity index is 2.46. The number of halogens is 2. The average molecular weight is 363 g/mol. The van der Waals surface area contributed by atoms with Crippen LogP contribution < -0.4 is 0 Å². The molecule has 0 bridgehead atoms. The van der Waals surface area contributed by atoms with Gasteiger partial charge in [0, 0.05) is 9.85 Å². The molecule has 0 amide bonds. The molecule has 1 unspecified atom stereocenters. The molecule has 84 valence electrons. The van der Waals surface area contributed by atoms with Gasteiger partial charge in [-0.2, -0.15) is 0 Å². The van der Waals surface area contributed by atoms with Crippen LogP contribution in [0, 0.1) is 0 Å². The Kier molecular flexibility index (Phi) is 3.49. The van der Waals surface area contributed by atoms with Gasteiger partial charge in [-0.05, 0) is 40.5 Å². The Morgan fingerprint density at radius 2 is 2.12 bits per heavy atom. The molecule has 1 atom stereocenters. The molecule has 0 spiro atoms. The number of rotatable bonds is 2. The molecule has 0 aliphatic heterocycles. The lowest BCUT2D eigenvalue weighted by molar-refractivity contribution is 0.102. The molecule has 2 aromatic rings. The molecule has 0 fully saturated rings. The van der Waals surface area contributed by atoms with Crippen LogP contribution in [0.25, 0.3) is 0 Å². The molecule has 2 nitrogen and oxygen atoms in total. The van der Waals surface area contributed by atoms with Crippen LogP contribution in [0.4, 0.5) is 0 Å². The van der Waals surface area contributed by atoms with Gasteiger partial charge in [-0.3, -0.25) is 0 Å². The number of benzene rings is 1. The molecule has 1 aromatic carbocycles. The SMILES string of the molecule is CC(O)(c1cccc(Br)c1)c1nc(Br)cs1. The molecule has 0 aliphatic carbocycles. The zero-order chi connectivity index (χ0) is 11.8. The van der Waals surface area contributed by atoms with Gasteiger partial charge >= 0.3 is 0 Å². The van der Waals surface area contributed by atoms with E-state index in [1.165, 1.54) is 11.3 Å². The summed E-state index contributed by atoms with van der Waals surface area (Å²) in [5.41, 5.74) is -0.232. The molecule has 1 N–H and O–H groups in total. The number of aromatic nitrogens is 1. The molecule has 0 aliphatic rings. The minimum absolute atomic E-state index is 0.678. The Labute approximate surface area is 115 Å². The van der Waals surface area contributed by atoms with E-state index >= 15 is 0 Å². The van der Waals surface area contributed by atoms with Gasteiger partial charge < -0.3 is 5.11 Å². The topological polar surface area (TPSA) is 33.1 Å². The first kappa shape index (κ1) is 12.2. The van der Waals surface area contributed by atoms with Crippen LogP contribution in [0.2, 0.25) is 0 Å². The largest absolute Gasteiger partial charge is 0.378 e. The van der Waals surface area contributed by atoms with Gasteiger partial charge in [0.15, 0.2) is 0 Å². The van der Waals surface area contributed by atoms with Crippen LogP contribution in [0.3, 0.4) is 0 Å². The van der Waals surface area contributed by atoms with E-state index in [9.17, 15) is 5.11 Å². The molecule has 1 aromatic heterocycles. The number of hydrogen-bond acceptors (Lipinski definition) is 3.